The first-order chi connectivity index (χ1) is 9.47. The van der Waals surface area contributed by atoms with Gasteiger partial charge in [-0.15, -0.1) is 5.10 Å². The predicted octanol–water partition coefficient (Wildman–Crippen LogP) is -0.981. The van der Waals surface area contributed by atoms with E-state index in [1.54, 1.807) is 17.9 Å². The highest BCUT2D eigenvalue weighted by Gasteiger charge is 2.23. The van der Waals surface area contributed by atoms with Crippen LogP contribution in [0.2, 0.25) is 0 Å². The van der Waals surface area contributed by atoms with Gasteiger partial charge >= 0.3 is 0 Å². The number of amides is 2. The quantitative estimate of drug-likeness (QED) is 0.723. The lowest BCUT2D eigenvalue weighted by Crippen LogP contribution is -2.43. The molecule has 0 saturated carbocycles. The second kappa shape index (κ2) is 6.00. The third-order valence-corrected chi connectivity index (χ3v) is 3.04. The molecule has 1 aliphatic rings. The van der Waals surface area contributed by atoms with Gasteiger partial charge in [0.05, 0.1) is 18.8 Å². The van der Waals surface area contributed by atoms with Crippen molar-refractivity contribution in [3.05, 3.63) is 11.9 Å². The smallest absolute Gasteiger partial charge is 0.276 e. The molecule has 0 aromatic carbocycles. The van der Waals surface area contributed by atoms with Crippen LogP contribution >= 0.6 is 0 Å². The van der Waals surface area contributed by atoms with Gasteiger partial charge in [-0.3, -0.25) is 9.59 Å². The number of likely N-dealkylation sites (N-methyl/N-ethyl adjacent to an activating group) is 1. The second-order valence-electron chi connectivity index (χ2n) is 5.28. The number of carbonyl (C=O) groups excluding carboxylic acids is 2. The topological polar surface area (TPSA) is 92.2 Å². The fourth-order valence-corrected chi connectivity index (χ4v) is 1.86. The van der Waals surface area contributed by atoms with Crippen LogP contribution < -0.4 is 10.6 Å². The summed E-state index contributed by atoms with van der Waals surface area (Å²) in [5.74, 6) is -0.492. The Labute approximate surface area is 117 Å². The van der Waals surface area contributed by atoms with Crippen molar-refractivity contribution < 1.29 is 9.59 Å². The van der Waals surface area contributed by atoms with E-state index in [4.69, 9.17) is 0 Å². The molecule has 20 heavy (non-hydrogen) atoms. The Morgan fingerprint density at radius 1 is 1.55 bits per heavy atom. The molecule has 1 aromatic rings. The highest BCUT2D eigenvalue weighted by atomic mass is 16.2. The summed E-state index contributed by atoms with van der Waals surface area (Å²) in [5.41, 5.74) is 0.261. The van der Waals surface area contributed by atoms with Gasteiger partial charge in [0.15, 0.2) is 5.69 Å². The van der Waals surface area contributed by atoms with E-state index in [0.29, 0.717) is 0 Å². The molecule has 2 N–H and O–H groups in total. The number of aromatic nitrogens is 3. The van der Waals surface area contributed by atoms with Crippen LogP contribution in [0.3, 0.4) is 0 Å². The van der Waals surface area contributed by atoms with Crippen LogP contribution in [0.1, 0.15) is 30.4 Å². The van der Waals surface area contributed by atoms with Crippen molar-refractivity contribution in [2.45, 2.75) is 25.9 Å². The van der Waals surface area contributed by atoms with E-state index < -0.39 is 0 Å². The van der Waals surface area contributed by atoms with Crippen molar-refractivity contribution in [2.75, 3.05) is 26.7 Å². The van der Waals surface area contributed by atoms with Crippen molar-refractivity contribution in [3.63, 3.8) is 0 Å². The van der Waals surface area contributed by atoms with Gasteiger partial charge in [0.2, 0.25) is 5.91 Å². The summed E-state index contributed by atoms with van der Waals surface area (Å²) >= 11 is 0. The first-order valence-electron chi connectivity index (χ1n) is 6.64. The number of hydrogen-bond donors (Lipinski definition) is 2. The fourth-order valence-electron chi connectivity index (χ4n) is 1.86. The maximum absolute atomic E-state index is 12.1. The zero-order valence-electron chi connectivity index (χ0n) is 12.0. The molecule has 0 aliphatic carbocycles. The molecule has 110 valence electrons. The van der Waals surface area contributed by atoms with Crippen LogP contribution in [0, 0.1) is 0 Å². The van der Waals surface area contributed by atoms with E-state index >= 15 is 0 Å². The van der Waals surface area contributed by atoms with Crippen molar-refractivity contribution in [1.82, 2.24) is 30.5 Å². The molecule has 0 bridgehead atoms. The first kappa shape index (κ1) is 14.4. The van der Waals surface area contributed by atoms with Crippen LogP contribution in [-0.4, -0.2) is 64.4 Å². The van der Waals surface area contributed by atoms with E-state index in [-0.39, 0.29) is 36.1 Å². The molecule has 1 aromatic heterocycles. The highest BCUT2D eigenvalue weighted by Crippen LogP contribution is 2.10. The predicted molar refractivity (Wildman–Crippen MR) is 72.2 cm³/mol. The lowest BCUT2D eigenvalue weighted by Gasteiger charge is -2.26. The summed E-state index contributed by atoms with van der Waals surface area (Å²) in [6, 6.07) is 0.316. The fraction of sp³-hybridized carbons (Fsp3) is 0.667. The van der Waals surface area contributed by atoms with Crippen molar-refractivity contribution >= 4 is 11.8 Å². The zero-order valence-corrected chi connectivity index (χ0v) is 12.0. The maximum Gasteiger partial charge on any atom is 0.276 e. The number of carbonyl (C=O) groups is 2. The van der Waals surface area contributed by atoms with Gasteiger partial charge in [0.25, 0.3) is 5.91 Å². The molecule has 0 radical (unpaired) electrons. The summed E-state index contributed by atoms with van der Waals surface area (Å²) < 4.78 is 1.69. The number of rotatable bonds is 5. The van der Waals surface area contributed by atoms with Gasteiger partial charge in [0.1, 0.15) is 0 Å². The molecule has 8 heteroatoms. The summed E-state index contributed by atoms with van der Waals surface area (Å²) in [6.45, 7) is 5.43. The Morgan fingerprint density at radius 3 is 2.80 bits per heavy atom. The Kier molecular flexibility index (Phi) is 4.33. The van der Waals surface area contributed by atoms with Gasteiger partial charge in [-0.25, -0.2) is 4.68 Å². The Morgan fingerprint density at radius 2 is 2.25 bits per heavy atom. The van der Waals surface area contributed by atoms with Crippen LogP contribution in [0.15, 0.2) is 6.20 Å². The number of nitrogens with zero attached hydrogens (tertiary/aromatic N) is 4. The van der Waals surface area contributed by atoms with Gasteiger partial charge in [-0.05, 0) is 13.8 Å². The molecule has 0 atom stereocenters. The number of hydrogen-bond acceptors (Lipinski definition) is 5. The summed E-state index contributed by atoms with van der Waals surface area (Å²) in [5, 5.41) is 13.7. The van der Waals surface area contributed by atoms with Gasteiger partial charge < -0.3 is 15.5 Å². The molecule has 0 unspecified atom stereocenters. The summed E-state index contributed by atoms with van der Waals surface area (Å²) in [6.07, 6.45) is 1.63. The Hall–Kier alpha value is -1.96. The minimum Gasteiger partial charge on any atom is -0.352 e. The molecule has 0 spiro atoms. The summed E-state index contributed by atoms with van der Waals surface area (Å²) in [4.78, 5) is 25.1. The lowest BCUT2D eigenvalue weighted by atomic mass is 10.2. The normalized spacial score (nSPS) is 15.0. The van der Waals surface area contributed by atoms with E-state index in [1.165, 1.54) is 4.90 Å². The van der Waals surface area contributed by atoms with Gasteiger partial charge in [-0.2, -0.15) is 0 Å². The Bertz CT molecular complexity index is 494. The average Bonchev–Trinajstić information content (AvgIpc) is 2.73. The van der Waals surface area contributed by atoms with Crippen LogP contribution in [0.25, 0.3) is 0 Å². The standard InChI is InChI=1S/C12H20N6O2/c1-8(2)14-11(19)7-17(3)12(20)10-6-18(16-15-10)9-4-13-5-9/h6,8-9,13H,4-5,7H2,1-3H3,(H,14,19). The van der Waals surface area contributed by atoms with Crippen LogP contribution in [0.5, 0.6) is 0 Å². The van der Waals surface area contributed by atoms with Crippen LogP contribution in [-0.2, 0) is 4.79 Å². The minimum atomic E-state index is -0.303. The molecular weight excluding hydrogens is 260 g/mol. The van der Waals surface area contributed by atoms with E-state index in [2.05, 4.69) is 20.9 Å². The second-order valence-corrected chi connectivity index (χ2v) is 5.28. The maximum atomic E-state index is 12.1. The molecular formula is C12H20N6O2. The van der Waals surface area contributed by atoms with Crippen molar-refractivity contribution in [2.24, 2.45) is 0 Å². The monoisotopic (exact) mass is 280 g/mol. The highest BCUT2D eigenvalue weighted by molar-refractivity contribution is 5.94. The molecule has 8 nitrogen and oxygen atoms in total. The van der Waals surface area contributed by atoms with Crippen LogP contribution in [0.4, 0.5) is 0 Å². The summed E-state index contributed by atoms with van der Waals surface area (Å²) in [7, 11) is 1.58. The zero-order chi connectivity index (χ0) is 14.7. The molecule has 2 heterocycles. The van der Waals surface area contributed by atoms with E-state index in [0.717, 1.165) is 13.1 Å². The van der Waals surface area contributed by atoms with E-state index in [1.807, 2.05) is 13.8 Å². The third-order valence-electron chi connectivity index (χ3n) is 3.04. The molecule has 2 amide bonds. The van der Waals surface area contributed by atoms with Crippen molar-refractivity contribution in [1.29, 1.82) is 0 Å². The molecule has 1 fully saturated rings. The van der Waals surface area contributed by atoms with Gasteiger partial charge in [0, 0.05) is 26.2 Å². The Balaban J connectivity index is 1.92. The van der Waals surface area contributed by atoms with Gasteiger partial charge in [-0.1, -0.05) is 5.21 Å². The first-order valence-corrected chi connectivity index (χ1v) is 6.64. The average molecular weight is 280 g/mol. The van der Waals surface area contributed by atoms with E-state index in [9.17, 15) is 9.59 Å². The SMILES string of the molecule is CC(C)NC(=O)CN(C)C(=O)c1cn(C2CNC2)nn1. The lowest BCUT2D eigenvalue weighted by molar-refractivity contribution is -0.122. The third kappa shape index (κ3) is 3.32. The molecule has 2 rings (SSSR count). The van der Waals surface area contributed by atoms with Crippen molar-refractivity contribution in [3.8, 4) is 0 Å². The minimum absolute atomic E-state index is 0.00879. The molecule has 1 aliphatic heterocycles. The molecule has 1 saturated heterocycles. The largest absolute Gasteiger partial charge is 0.352 e. The number of nitrogens with one attached hydrogen (secondary N) is 2.